The molecular formula is C22H26N4O4. The zero-order valence-corrected chi connectivity index (χ0v) is 17.3. The number of carbonyl (C=O) groups is 1. The van der Waals surface area contributed by atoms with E-state index in [1.807, 2.05) is 0 Å². The molecule has 0 aliphatic heterocycles. The van der Waals surface area contributed by atoms with E-state index in [1.165, 1.54) is 36.3 Å². The van der Waals surface area contributed by atoms with Crippen molar-refractivity contribution in [1.29, 1.82) is 0 Å². The number of amides is 1. The number of hydrogen-bond donors (Lipinski definition) is 1. The molecule has 0 radical (unpaired) electrons. The summed E-state index contributed by atoms with van der Waals surface area (Å²) < 4.78 is 12.0. The van der Waals surface area contributed by atoms with Crippen molar-refractivity contribution in [2.24, 2.45) is 5.92 Å². The van der Waals surface area contributed by atoms with E-state index in [0.717, 1.165) is 12.8 Å². The first-order valence-electron chi connectivity index (χ1n) is 10.4. The molecule has 1 fully saturated rings. The van der Waals surface area contributed by atoms with E-state index in [0.29, 0.717) is 40.9 Å². The largest absolute Gasteiger partial charge is 0.463 e. The highest BCUT2D eigenvalue weighted by Gasteiger charge is 2.24. The van der Waals surface area contributed by atoms with Gasteiger partial charge in [-0.05, 0) is 44.7 Å². The number of hydrogen-bond acceptors (Lipinski definition) is 6. The minimum Gasteiger partial charge on any atom is -0.463 e. The third-order valence-corrected chi connectivity index (χ3v) is 5.64. The molecule has 3 heterocycles. The number of nitrogens with zero attached hydrogens (tertiary/aromatic N) is 3. The standard InChI is InChI=1S/C22H26N4O4/c1-14-11-19(30-25-14)17-12-20(27)26(24-21(17)18-9-6-10-29-18)15(2)22(28)23-13-16-7-4-3-5-8-16/h6,9-12,15-16H,3-5,7-8,13H2,1-2H3,(H,23,28)/t15-/m0/s1. The monoisotopic (exact) mass is 410 g/mol. The van der Waals surface area contributed by atoms with Crippen molar-refractivity contribution < 1.29 is 13.7 Å². The van der Waals surface area contributed by atoms with Crippen LogP contribution in [0.15, 0.2) is 44.3 Å². The van der Waals surface area contributed by atoms with Gasteiger partial charge in [-0.2, -0.15) is 5.10 Å². The maximum absolute atomic E-state index is 12.8. The molecular weight excluding hydrogens is 384 g/mol. The van der Waals surface area contributed by atoms with Crippen LogP contribution in [0.4, 0.5) is 0 Å². The van der Waals surface area contributed by atoms with Gasteiger partial charge in [-0.1, -0.05) is 24.4 Å². The Kier molecular flexibility index (Phi) is 5.83. The smallest absolute Gasteiger partial charge is 0.268 e. The molecule has 1 N–H and O–H groups in total. The molecule has 158 valence electrons. The predicted molar refractivity (Wildman–Crippen MR) is 111 cm³/mol. The van der Waals surface area contributed by atoms with E-state index >= 15 is 0 Å². The Labute approximate surface area is 174 Å². The maximum Gasteiger partial charge on any atom is 0.268 e. The Bertz CT molecular complexity index is 1060. The molecule has 0 unspecified atom stereocenters. The molecule has 1 aliphatic rings. The molecule has 0 spiro atoms. The lowest BCUT2D eigenvalue weighted by Crippen LogP contribution is -2.39. The van der Waals surface area contributed by atoms with Gasteiger partial charge in [0.05, 0.1) is 17.5 Å². The van der Waals surface area contributed by atoms with Gasteiger partial charge in [0.15, 0.2) is 11.5 Å². The highest BCUT2D eigenvalue weighted by molar-refractivity contribution is 5.80. The second kappa shape index (κ2) is 8.69. The van der Waals surface area contributed by atoms with E-state index < -0.39 is 11.6 Å². The van der Waals surface area contributed by atoms with Crippen LogP contribution < -0.4 is 10.9 Å². The summed E-state index contributed by atoms with van der Waals surface area (Å²) in [4.78, 5) is 25.6. The lowest BCUT2D eigenvalue weighted by molar-refractivity contribution is -0.124. The first-order chi connectivity index (χ1) is 14.5. The molecule has 3 aromatic rings. The van der Waals surface area contributed by atoms with Crippen LogP contribution in [-0.4, -0.2) is 27.4 Å². The van der Waals surface area contributed by atoms with Gasteiger partial charge < -0.3 is 14.3 Å². The van der Waals surface area contributed by atoms with Crippen molar-refractivity contribution in [1.82, 2.24) is 20.3 Å². The Balaban J connectivity index is 1.62. The van der Waals surface area contributed by atoms with Gasteiger partial charge in [-0.15, -0.1) is 0 Å². The molecule has 1 amide bonds. The van der Waals surface area contributed by atoms with Crippen molar-refractivity contribution in [2.75, 3.05) is 6.54 Å². The molecule has 30 heavy (non-hydrogen) atoms. The second-order valence-corrected chi connectivity index (χ2v) is 7.92. The zero-order valence-electron chi connectivity index (χ0n) is 17.3. The number of aromatic nitrogens is 3. The predicted octanol–water partition coefficient (Wildman–Crippen LogP) is 3.72. The fourth-order valence-corrected chi connectivity index (χ4v) is 3.91. The number of furan rings is 1. The molecule has 0 aromatic carbocycles. The minimum absolute atomic E-state index is 0.219. The fraction of sp³-hybridized carbons (Fsp3) is 0.455. The van der Waals surface area contributed by atoms with E-state index in [4.69, 9.17) is 8.94 Å². The summed E-state index contributed by atoms with van der Waals surface area (Å²) in [6, 6.07) is 5.88. The Hall–Kier alpha value is -3.16. The van der Waals surface area contributed by atoms with Gasteiger partial charge in [-0.3, -0.25) is 9.59 Å². The molecule has 8 heteroatoms. The van der Waals surface area contributed by atoms with Gasteiger partial charge in [0, 0.05) is 18.7 Å². The zero-order chi connectivity index (χ0) is 21.1. The topological polar surface area (TPSA) is 103 Å². The average Bonchev–Trinajstić information content (AvgIpc) is 3.44. The summed E-state index contributed by atoms with van der Waals surface area (Å²) in [6.45, 7) is 4.11. The second-order valence-electron chi connectivity index (χ2n) is 7.92. The normalized spacial score (nSPS) is 15.8. The van der Waals surface area contributed by atoms with Crippen LogP contribution in [-0.2, 0) is 4.79 Å². The molecule has 4 rings (SSSR count). The van der Waals surface area contributed by atoms with Gasteiger partial charge in [0.25, 0.3) is 5.56 Å². The Morgan fingerprint density at radius 1 is 1.27 bits per heavy atom. The molecule has 0 saturated heterocycles. The van der Waals surface area contributed by atoms with Crippen LogP contribution in [0, 0.1) is 12.8 Å². The van der Waals surface area contributed by atoms with Gasteiger partial charge >= 0.3 is 0 Å². The molecule has 3 aromatic heterocycles. The lowest BCUT2D eigenvalue weighted by Gasteiger charge is -2.23. The maximum atomic E-state index is 12.8. The van der Waals surface area contributed by atoms with Crippen LogP contribution >= 0.6 is 0 Å². The third kappa shape index (κ3) is 4.22. The minimum atomic E-state index is -0.750. The molecule has 0 bridgehead atoms. The van der Waals surface area contributed by atoms with Gasteiger partial charge in [0.2, 0.25) is 5.91 Å². The molecule has 8 nitrogen and oxygen atoms in total. The third-order valence-electron chi connectivity index (χ3n) is 5.64. The Morgan fingerprint density at radius 3 is 2.73 bits per heavy atom. The molecule has 1 saturated carbocycles. The number of aryl methyl sites for hydroxylation is 1. The van der Waals surface area contributed by atoms with Crippen molar-refractivity contribution >= 4 is 5.91 Å². The number of carbonyl (C=O) groups excluding carboxylic acids is 1. The van der Waals surface area contributed by atoms with Crippen molar-refractivity contribution in [3.05, 3.63) is 46.6 Å². The highest BCUT2D eigenvalue weighted by Crippen LogP contribution is 2.30. The summed E-state index contributed by atoms with van der Waals surface area (Å²) in [7, 11) is 0. The van der Waals surface area contributed by atoms with Crippen molar-refractivity contribution in [3.63, 3.8) is 0 Å². The fourth-order valence-electron chi connectivity index (χ4n) is 3.91. The average molecular weight is 410 g/mol. The number of rotatable bonds is 6. The lowest BCUT2D eigenvalue weighted by atomic mass is 9.89. The Morgan fingerprint density at radius 2 is 2.07 bits per heavy atom. The van der Waals surface area contributed by atoms with Gasteiger partial charge in [-0.25, -0.2) is 4.68 Å². The quantitative estimate of drug-likeness (QED) is 0.664. The van der Waals surface area contributed by atoms with Crippen LogP contribution in [0.3, 0.4) is 0 Å². The van der Waals surface area contributed by atoms with Crippen molar-refractivity contribution in [2.45, 2.75) is 52.0 Å². The van der Waals surface area contributed by atoms with E-state index in [1.54, 1.807) is 32.0 Å². The SMILES string of the molecule is Cc1cc(-c2cc(=O)n([C@@H](C)C(=O)NCC3CCCCC3)nc2-c2ccco2)on1. The summed E-state index contributed by atoms with van der Waals surface area (Å²) >= 11 is 0. The highest BCUT2D eigenvalue weighted by atomic mass is 16.5. The van der Waals surface area contributed by atoms with Crippen LogP contribution in [0.2, 0.25) is 0 Å². The summed E-state index contributed by atoms with van der Waals surface area (Å²) in [5.74, 6) is 1.19. The van der Waals surface area contributed by atoms with Gasteiger partial charge in [0.1, 0.15) is 11.7 Å². The summed E-state index contributed by atoms with van der Waals surface area (Å²) in [6.07, 6.45) is 7.51. The van der Waals surface area contributed by atoms with E-state index in [2.05, 4.69) is 15.6 Å². The van der Waals surface area contributed by atoms with Crippen LogP contribution in [0.25, 0.3) is 22.8 Å². The van der Waals surface area contributed by atoms with Crippen LogP contribution in [0.1, 0.15) is 50.8 Å². The van der Waals surface area contributed by atoms with E-state index in [9.17, 15) is 9.59 Å². The first-order valence-corrected chi connectivity index (χ1v) is 10.4. The molecule has 1 atom stereocenters. The summed E-state index contributed by atoms with van der Waals surface area (Å²) in [5.41, 5.74) is 1.19. The van der Waals surface area contributed by atoms with E-state index in [-0.39, 0.29) is 5.91 Å². The first kappa shape index (κ1) is 20.1. The summed E-state index contributed by atoms with van der Waals surface area (Å²) in [5, 5.41) is 11.4. The molecule has 1 aliphatic carbocycles. The number of nitrogens with one attached hydrogen (secondary N) is 1. The van der Waals surface area contributed by atoms with Crippen LogP contribution in [0.5, 0.6) is 0 Å². The van der Waals surface area contributed by atoms with Crippen molar-refractivity contribution in [3.8, 4) is 22.8 Å².